The van der Waals surface area contributed by atoms with Gasteiger partial charge in [0.15, 0.2) is 9.84 Å². The van der Waals surface area contributed by atoms with Crippen molar-refractivity contribution in [2.24, 2.45) is 5.73 Å². The molecule has 0 radical (unpaired) electrons. The second-order valence-electron chi connectivity index (χ2n) is 5.65. The molecule has 1 atom stereocenters. The first-order valence-corrected chi connectivity index (χ1v) is 9.65. The molecule has 1 unspecified atom stereocenters. The minimum Gasteiger partial charge on any atom is -0.345 e. The molecule has 0 aliphatic rings. The molecule has 0 spiro atoms. The molecule has 0 aromatic heterocycles. The van der Waals surface area contributed by atoms with E-state index in [4.69, 9.17) is 5.73 Å². The molecule has 2 rings (SSSR count). The molecule has 2 aromatic rings. The fourth-order valence-electron chi connectivity index (χ4n) is 2.43. The van der Waals surface area contributed by atoms with Crippen molar-refractivity contribution < 1.29 is 13.2 Å². The predicted molar refractivity (Wildman–Crippen MR) is 102 cm³/mol. The number of halogens is 1. The molecule has 7 heteroatoms. The van der Waals surface area contributed by atoms with Crippen molar-refractivity contribution in [2.45, 2.75) is 23.8 Å². The topological polar surface area (TPSA) is 89.3 Å². The lowest BCUT2D eigenvalue weighted by molar-refractivity contribution is -0.121. The highest BCUT2D eigenvalue weighted by atomic mass is 35.5. The molecule has 2 aromatic carbocycles. The SMILES string of the molecule is CS(=O)(=O)c1cccc(C(NC(=O)CCCN)c2ccccc2)c1.Cl. The molecule has 0 heterocycles. The van der Waals surface area contributed by atoms with Gasteiger partial charge < -0.3 is 11.1 Å². The molecule has 5 nitrogen and oxygen atoms in total. The van der Waals surface area contributed by atoms with Crippen molar-refractivity contribution in [3.63, 3.8) is 0 Å². The number of amides is 1. The zero-order chi connectivity index (χ0) is 17.6. The highest BCUT2D eigenvalue weighted by Crippen LogP contribution is 2.24. The van der Waals surface area contributed by atoms with Crippen LogP contribution < -0.4 is 11.1 Å². The first-order valence-electron chi connectivity index (χ1n) is 7.76. The quantitative estimate of drug-likeness (QED) is 0.769. The number of carbonyl (C=O) groups is 1. The second-order valence-corrected chi connectivity index (χ2v) is 7.66. The number of sulfone groups is 1. The Kier molecular flexibility index (Phi) is 8.09. The standard InChI is InChI=1S/C18H22N2O3S.ClH/c1-24(22,23)16-10-5-9-15(13-16)18(14-7-3-2-4-8-14)20-17(21)11-6-12-19;/h2-5,7-10,13,18H,6,11-12,19H2,1H3,(H,20,21);1H. The van der Waals surface area contributed by atoms with Crippen LogP contribution in [0.1, 0.15) is 30.0 Å². The lowest BCUT2D eigenvalue weighted by Gasteiger charge is -2.20. The summed E-state index contributed by atoms with van der Waals surface area (Å²) in [6.07, 6.45) is 2.12. The monoisotopic (exact) mass is 382 g/mol. The van der Waals surface area contributed by atoms with Crippen molar-refractivity contribution in [2.75, 3.05) is 12.8 Å². The highest BCUT2D eigenvalue weighted by molar-refractivity contribution is 7.90. The van der Waals surface area contributed by atoms with Crippen LogP contribution in [0.5, 0.6) is 0 Å². The molecule has 136 valence electrons. The Morgan fingerprint density at radius 2 is 1.72 bits per heavy atom. The largest absolute Gasteiger partial charge is 0.345 e. The molecule has 25 heavy (non-hydrogen) atoms. The Balaban J connectivity index is 0.00000312. The molecule has 0 saturated carbocycles. The average molecular weight is 383 g/mol. The van der Waals surface area contributed by atoms with Gasteiger partial charge in [-0.2, -0.15) is 0 Å². The van der Waals surface area contributed by atoms with Gasteiger partial charge in [0.05, 0.1) is 10.9 Å². The van der Waals surface area contributed by atoms with E-state index in [2.05, 4.69) is 5.32 Å². The van der Waals surface area contributed by atoms with Crippen molar-refractivity contribution >= 4 is 28.2 Å². The molecule has 0 aliphatic carbocycles. The summed E-state index contributed by atoms with van der Waals surface area (Å²) < 4.78 is 23.6. The molecular weight excluding hydrogens is 360 g/mol. The van der Waals surface area contributed by atoms with E-state index in [0.29, 0.717) is 19.4 Å². The molecule has 0 saturated heterocycles. The Hall–Kier alpha value is -1.89. The minimum atomic E-state index is -3.31. The number of carbonyl (C=O) groups excluding carboxylic acids is 1. The maximum Gasteiger partial charge on any atom is 0.220 e. The third-order valence-electron chi connectivity index (χ3n) is 3.67. The Morgan fingerprint density at radius 1 is 1.08 bits per heavy atom. The van der Waals surface area contributed by atoms with Gasteiger partial charge in [-0.3, -0.25) is 4.79 Å². The van der Waals surface area contributed by atoms with Crippen molar-refractivity contribution in [3.8, 4) is 0 Å². The van der Waals surface area contributed by atoms with Gasteiger partial charge in [-0.1, -0.05) is 42.5 Å². The summed E-state index contributed by atoms with van der Waals surface area (Å²) >= 11 is 0. The van der Waals surface area contributed by atoms with Gasteiger partial charge in [0.1, 0.15) is 0 Å². The van der Waals surface area contributed by atoms with E-state index in [-0.39, 0.29) is 23.2 Å². The maximum absolute atomic E-state index is 12.2. The van der Waals surface area contributed by atoms with E-state index in [0.717, 1.165) is 11.1 Å². The number of rotatable bonds is 7. The van der Waals surface area contributed by atoms with Gasteiger partial charge in [-0.25, -0.2) is 8.42 Å². The first-order chi connectivity index (χ1) is 11.4. The van der Waals surface area contributed by atoms with Crippen LogP contribution in [0, 0.1) is 0 Å². The van der Waals surface area contributed by atoms with E-state index in [9.17, 15) is 13.2 Å². The molecule has 0 aliphatic heterocycles. The van der Waals surface area contributed by atoms with Crippen LogP contribution >= 0.6 is 12.4 Å². The first kappa shape index (κ1) is 21.2. The summed E-state index contributed by atoms with van der Waals surface area (Å²) in [7, 11) is -3.31. The smallest absolute Gasteiger partial charge is 0.220 e. The fraction of sp³-hybridized carbons (Fsp3) is 0.278. The van der Waals surface area contributed by atoms with Gasteiger partial charge in [0.25, 0.3) is 0 Å². The van der Waals surface area contributed by atoms with E-state index >= 15 is 0 Å². The van der Waals surface area contributed by atoms with E-state index in [1.165, 1.54) is 6.26 Å². The van der Waals surface area contributed by atoms with Gasteiger partial charge >= 0.3 is 0 Å². The molecule has 3 N–H and O–H groups in total. The number of benzene rings is 2. The normalized spacial score (nSPS) is 12.1. The Morgan fingerprint density at radius 3 is 2.32 bits per heavy atom. The minimum absolute atomic E-state index is 0. The van der Waals surface area contributed by atoms with Crippen molar-refractivity contribution in [1.82, 2.24) is 5.32 Å². The summed E-state index contributed by atoms with van der Waals surface area (Å²) in [6, 6.07) is 15.7. The second kappa shape index (κ2) is 9.56. The van der Waals surface area contributed by atoms with Gasteiger partial charge in [-0.05, 0) is 36.2 Å². The van der Waals surface area contributed by atoms with Crippen LogP contribution in [0.4, 0.5) is 0 Å². The lowest BCUT2D eigenvalue weighted by atomic mass is 9.98. The van der Waals surface area contributed by atoms with Crippen molar-refractivity contribution in [3.05, 3.63) is 65.7 Å². The predicted octanol–water partition coefficient (Wildman–Crippen LogP) is 2.46. The summed E-state index contributed by atoms with van der Waals surface area (Å²) in [6.45, 7) is 0.451. The third-order valence-corrected chi connectivity index (χ3v) is 4.78. The third kappa shape index (κ3) is 6.16. The van der Waals surface area contributed by atoms with E-state index < -0.39 is 15.9 Å². The van der Waals surface area contributed by atoms with Crippen LogP contribution in [0.2, 0.25) is 0 Å². The Bertz CT molecular complexity index is 795. The fourth-order valence-corrected chi connectivity index (χ4v) is 3.10. The average Bonchev–Trinajstić information content (AvgIpc) is 2.58. The van der Waals surface area contributed by atoms with Crippen LogP contribution in [0.25, 0.3) is 0 Å². The summed E-state index contributed by atoms with van der Waals surface area (Å²) in [4.78, 5) is 12.4. The van der Waals surface area contributed by atoms with Crippen molar-refractivity contribution in [1.29, 1.82) is 0 Å². The zero-order valence-corrected chi connectivity index (χ0v) is 15.6. The van der Waals surface area contributed by atoms with Gasteiger partial charge in [-0.15, -0.1) is 12.4 Å². The van der Waals surface area contributed by atoms with E-state index in [1.54, 1.807) is 18.2 Å². The number of hydrogen-bond acceptors (Lipinski definition) is 4. The summed E-state index contributed by atoms with van der Waals surface area (Å²) in [5.41, 5.74) is 7.07. The number of hydrogen-bond donors (Lipinski definition) is 2. The molecule has 0 bridgehead atoms. The Labute approximate surface area is 155 Å². The number of nitrogens with one attached hydrogen (secondary N) is 1. The van der Waals surface area contributed by atoms with Crippen LogP contribution in [0.3, 0.4) is 0 Å². The lowest BCUT2D eigenvalue weighted by Crippen LogP contribution is -2.29. The molecular formula is C18H23ClN2O3S. The highest BCUT2D eigenvalue weighted by Gasteiger charge is 2.18. The van der Waals surface area contributed by atoms with Crippen LogP contribution in [-0.2, 0) is 14.6 Å². The van der Waals surface area contributed by atoms with Gasteiger partial charge in [0, 0.05) is 12.7 Å². The molecule has 0 fully saturated rings. The van der Waals surface area contributed by atoms with E-state index in [1.807, 2.05) is 36.4 Å². The van der Waals surface area contributed by atoms with Crippen LogP contribution in [-0.4, -0.2) is 27.1 Å². The van der Waals surface area contributed by atoms with Gasteiger partial charge in [0.2, 0.25) is 5.91 Å². The number of nitrogens with two attached hydrogens (primary N) is 1. The maximum atomic E-state index is 12.2. The summed E-state index contributed by atoms with van der Waals surface area (Å²) in [5, 5.41) is 2.97. The zero-order valence-electron chi connectivity index (χ0n) is 14.0. The van der Waals surface area contributed by atoms with Crippen LogP contribution in [0.15, 0.2) is 59.5 Å². The molecule has 1 amide bonds. The summed E-state index contributed by atoms with van der Waals surface area (Å²) in [5.74, 6) is -0.112.